The van der Waals surface area contributed by atoms with Gasteiger partial charge in [0.1, 0.15) is 17.4 Å². The van der Waals surface area contributed by atoms with Gasteiger partial charge in [0.15, 0.2) is 0 Å². The summed E-state index contributed by atoms with van der Waals surface area (Å²) in [4.78, 5) is 4.18. The van der Waals surface area contributed by atoms with Crippen LogP contribution in [0.4, 0.5) is 0 Å². The highest BCUT2D eigenvalue weighted by atomic mass is 32.1. The lowest BCUT2D eigenvalue weighted by Crippen LogP contribution is -1.99. The summed E-state index contributed by atoms with van der Waals surface area (Å²) in [7, 11) is 0. The second kappa shape index (κ2) is 5.38. The van der Waals surface area contributed by atoms with Crippen molar-refractivity contribution in [2.75, 3.05) is 0 Å². The molecule has 0 aliphatic carbocycles. The number of hydrogen-bond donors (Lipinski definition) is 1. The first kappa shape index (κ1) is 12.1. The smallest absolute Gasteiger partial charge is 0.140 e. The van der Waals surface area contributed by atoms with E-state index in [1.807, 2.05) is 41.8 Å². The lowest BCUT2D eigenvalue weighted by Gasteiger charge is -2.11. The fourth-order valence-electron chi connectivity index (χ4n) is 2.08. The average Bonchev–Trinajstić information content (AvgIpc) is 2.97. The maximum absolute atomic E-state index is 9.58. The summed E-state index contributed by atoms with van der Waals surface area (Å²) in [6.45, 7) is 0.400. The van der Waals surface area contributed by atoms with E-state index in [0.717, 1.165) is 27.1 Å². The molecular weight excluding hydrogens is 258 g/mol. The molecule has 0 amide bonds. The Balaban J connectivity index is 1.94. The molecule has 3 aromatic rings. The molecule has 0 radical (unpaired) electrons. The van der Waals surface area contributed by atoms with Gasteiger partial charge in [-0.2, -0.15) is 0 Å². The van der Waals surface area contributed by atoms with Gasteiger partial charge in [0.2, 0.25) is 0 Å². The van der Waals surface area contributed by atoms with Crippen molar-refractivity contribution >= 4 is 22.1 Å². The Labute approximate surface area is 115 Å². The van der Waals surface area contributed by atoms with Gasteiger partial charge in [-0.1, -0.05) is 30.3 Å². The van der Waals surface area contributed by atoms with E-state index in [-0.39, 0.29) is 6.61 Å². The van der Waals surface area contributed by atoms with Crippen molar-refractivity contribution in [1.29, 1.82) is 0 Å². The number of rotatable bonds is 4. The fourth-order valence-corrected chi connectivity index (χ4v) is 2.61. The molecule has 1 N–H and O–H groups in total. The molecule has 0 unspecified atom stereocenters. The van der Waals surface area contributed by atoms with Gasteiger partial charge in [0.05, 0.1) is 6.61 Å². The number of nitrogens with zero attached hydrogens (tertiary/aromatic N) is 1. The van der Waals surface area contributed by atoms with Crippen molar-refractivity contribution in [2.45, 2.75) is 13.2 Å². The molecule has 2 aromatic carbocycles. The number of hydrogen-bond acceptors (Lipinski definition) is 4. The van der Waals surface area contributed by atoms with E-state index in [9.17, 15) is 5.11 Å². The van der Waals surface area contributed by atoms with Crippen molar-refractivity contribution in [1.82, 2.24) is 4.98 Å². The first-order chi connectivity index (χ1) is 9.38. The number of aliphatic hydroxyl groups is 1. The largest absolute Gasteiger partial charge is 0.486 e. The molecule has 0 atom stereocenters. The van der Waals surface area contributed by atoms with Gasteiger partial charge in [0, 0.05) is 17.1 Å². The summed E-state index contributed by atoms with van der Waals surface area (Å²) in [6.07, 6.45) is 1.76. The molecule has 0 aliphatic rings. The number of aromatic nitrogens is 1. The van der Waals surface area contributed by atoms with Crippen LogP contribution in [0.1, 0.15) is 10.6 Å². The number of benzene rings is 2. The molecule has 1 aromatic heterocycles. The van der Waals surface area contributed by atoms with Crippen molar-refractivity contribution in [3.8, 4) is 5.75 Å². The second-order valence-electron chi connectivity index (χ2n) is 4.14. The normalized spacial score (nSPS) is 10.8. The topological polar surface area (TPSA) is 42.4 Å². The minimum atomic E-state index is -0.0332. The van der Waals surface area contributed by atoms with Gasteiger partial charge in [-0.15, -0.1) is 11.3 Å². The molecule has 0 saturated carbocycles. The van der Waals surface area contributed by atoms with Crippen LogP contribution in [0.25, 0.3) is 10.8 Å². The average molecular weight is 271 g/mol. The Bertz CT molecular complexity index is 680. The molecule has 4 heteroatoms. The third-order valence-corrected chi connectivity index (χ3v) is 3.74. The van der Waals surface area contributed by atoms with Gasteiger partial charge in [-0.05, 0) is 16.8 Å². The first-order valence-corrected chi connectivity index (χ1v) is 6.89. The van der Waals surface area contributed by atoms with E-state index in [2.05, 4.69) is 4.98 Å². The third-order valence-electron chi connectivity index (χ3n) is 2.99. The molecule has 0 bridgehead atoms. The molecular formula is C15H13NO2S. The van der Waals surface area contributed by atoms with Crippen LogP contribution in [0.15, 0.2) is 48.0 Å². The molecule has 96 valence electrons. The van der Waals surface area contributed by atoms with Crippen molar-refractivity contribution in [3.05, 3.63) is 58.5 Å². The maximum atomic E-state index is 9.58. The molecule has 0 saturated heterocycles. The Morgan fingerprint density at radius 1 is 1.16 bits per heavy atom. The monoisotopic (exact) mass is 271 g/mol. The number of ether oxygens (including phenoxy) is 1. The van der Waals surface area contributed by atoms with Crippen LogP contribution >= 0.6 is 11.3 Å². The minimum absolute atomic E-state index is 0.0332. The van der Waals surface area contributed by atoms with Crippen LogP contribution in [-0.4, -0.2) is 10.1 Å². The summed E-state index contributed by atoms with van der Waals surface area (Å²) in [6, 6.07) is 11.9. The fraction of sp³-hybridized carbons (Fsp3) is 0.133. The Morgan fingerprint density at radius 2 is 2.05 bits per heavy atom. The van der Waals surface area contributed by atoms with Gasteiger partial charge in [-0.3, -0.25) is 0 Å². The number of aliphatic hydroxyl groups excluding tert-OH is 1. The van der Waals surface area contributed by atoms with Crippen LogP contribution in [0.2, 0.25) is 0 Å². The lowest BCUT2D eigenvalue weighted by molar-refractivity contribution is 0.260. The summed E-state index contributed by atoms with van der Waals surface area (Å²) in [5.74, 6) is 0.719. The van der Waals surface area contributed by atoms with Gasteiger partial charge in [-0.25, -0.2) is 4.98 Å². The summed E-state index contributed by atoms with van der Waals surface area (Å²) >= 11 is 1.56. The number of fused-ring (bicyclic) bond motifs is 1. The van der Waals surface area contributed by atoms with Crippen molar-refractivity contribution in [2.24, 2.45) is 0 Å². The summed E-state index contributed by atoms with van der Waals surface area (Å²) < 4.78 is 5.77. The summed E-state index contributed by atoms with van der Waals surface area (Å²) in [5, 5.41) is 14.6. The molecule has 0 fully saturated rings. The van der Waals surface area contributed by atoms with Crippen LogP contribution in [-0.2, 0) is 13.2 Å². The third kappa shape index (κ3) is 2.45. The van der Waals surface area contributed by atoms with Crippen molar-refractivity contribution in [3.63, 3.8) is 0 Å². The van der Waals surface area contributed by atoms with Crippen LogP contribution in [0.5, 0.6) is 5.75 Å². The highest BCUT2D eigenvalue weighted by Gasteiger charge is 2.08. The van der Waals surface area contributed by atoms with Crippen molar-refractivity contribution < 1.29 is 9.84 Å². The van der Waals surface area contributed by atoms with Crippen LogP contribution in [0, 0.1) is 0 Å². The first-order valence-electron chi connectivity index (χ1n) is 6.01. The molecule has 0 spiro atoms. The molecule has 19 heavy (non-hydrogen) atoms. The van der Waals surface area contributed by atoms with Crippen LogP contribution < -0.4 is 4.74 Å². The Hall–Kier alpha value is -1.91. The molecule has 3 nitrogen and oxygen atoms in total. The summed E-state index contributed by atoms with van der Waals surface area (Å²) in [5.41, 5.74) is 0.828. The predicted octanol–water partition coefficient (Wildman–Crippen LogP) is 3.37. The van der Waals surface area contributed by atoms with E-state index < -0.39 is 0 Å². The standard InChI is InChI=1S/C15H13NO2S/c17-9-13-12-4-2-1-3-11(12)5-6-14(13)18-10-15-16-7-8-19-15/h1-8,17H,9-10H2. The zero-order valence-corrected chi connectivity index (χ0v) is 11.1. The van der Waals surface area contributed by atoms with E-state index in [1.54, 1.807) is 17.5 Å². The highest BCUT2D eigenvalue weighted by molar-refractivity contribution is 7.09. The van der Waals surface area contributed by atoms with E-state index >= 15 is 0 Å². The highest BCUT2D eigenvalue weighted by Crippen LogP contribution is 2.28. The minimum Gasteiger partial charge on any atom is -0.486 e. The quantitative estimate of drug-likeness (QED) is 0.791. The van der Waals surface area contributed by atoms with E-state index in [1.165, 1.54) is 0 Å². The SMILES string of the molecule is OCc1c(OCc2nccs2)ccc2ccccc12. The van der Waals surface area contributed by atoms with E-state index in [4.69, 9.17) is 4.74 Å². The lowest BCUT2D eigenvalue weighted by atomic mass is 10.0. The molecule has 3 rings (SSSR count). The second-order valence-corrected chi connectivity index (χ2v) is 5.12. The maximum Gasteiger partial charge on any atom is 0.140 e. The van der Waals surface area contributed by atoms with Gasteiger partial charge in [0.25, 0.3) is 0 Å². The number of thiazole rings is 1. The van der Waals surface area contributed by atoms with E-state index in [0.29, 0.717) is 6.61 Å². The Morgan fingerprint density at radius 3 is 2.84 bits per heavy atom. The zero-order chi connectivity index (χ0) is 13.1. The molecule has 0 aliphatic heterocycles. The van der Waals surface area contributed by atoms with Crippen LogP contribution in [0.3, 0.4) is 0 Å². The Kier molecular flexibility index (Phi) is 3.44. The van der Waals surface area contributed by atoms with Gasteiger partial charge < -0.3 is 9.84 Å². The van der Waals surface area contributed by atoms with Gasteiger partial charge >= 0.3 is 0 Å². The zero-order valence-electron chi connectivity index (χ0n) is 10.2. The predicted molar refractivity (Wildman–Crippen MR) is 76.3 cm³/mol. The molecule has 1 heterocycles.